The molecule has 10 heteroatoms. The highest BCUT2D eigenvalue weighted by Crippen LogP contribution is 2.26. The monoisotopic (exact) mass is 350 g/mol. The average Bonchev–Trinajstić information content (AvgIpc) is 2.84. The molecule has 1 heterocycles. The summed E-state index contributed by atoms with van der Waals surface area (Å²) in [5, 5.41) is 3.45. The second-order valence-electron chi connectivity index (χ2n) is 3.48. The van der Waals surface area contributed by atoms with E-state index in [1.807, 2.05) is 0 Å². The van der Waals surface area contributed by atoms with Crippen molar-refractivity contribution in [3.05, 3.63) is 34.6 Å². The van der Waals surface area contributed by atoms with Gasteiger partial charge in [-0.05, 0) is 28.1 Å². The summed E-state index contributed by atoms with van der Waals surface area (Å²) in [4.78, 5) is 3.43. The van der Waals surface area contributed by atoms with Crippen LogP contribution in [-0.2, 0) is 16.6 Å². The number of nitrogens with one attached hydrogen (secondary N) is 1. The Kier molecular flexibility index (Phi) is 3.83. The lowest BCUT2D eigenvalue weighted by Gasteiger charge is -2.08. The molecule has 19 heavy (non-hydrogen) atoms. The summed E-state index contributed by atoms with van der Waals surface area (Å²) in [6, 6.07) is 2.01. The highest BCUT2D eigenvalue weighted by Gasteiger charge is 2.20. The van der Waals surface area contributed by atoms with Crippen molar-refractivity contribution in [2.45, 2.75) is 11.4 Å². The SMILES string of the molecule is Nc1cc(F)c(Br)cc1S(=O)(=O)NCc1ncon1. The van der Waals surface area contributed by atoms with Crippen LogP contribution in [0.1, 0.15) is 5.82 Å². The molecule has 0 unspecified atom stereocenters. The van der Waals surface area contributed by atoms with E-state index in [1.54, 1.807) is 0 Å². The van der Waals surface area contributed by atoms with E-state index in [-0.39, 0.29) is 27.4 Å². The maximum Gasteiger partial charge on any atom is 0.243 e. The van der Waals surface area contributed by atoms with Crippen molar-refractivity contribution in [2.75, 3.05) is 5.73 Å². The lowest BCUT2D eigenvalue weighted by molar-refractivity contribution is 0.409. The van der Waals surface area contributed by atoms with Crippen molar-refractivity contribution in [2.24, 2.45) is 0 Å². The van der Waals surface area contributed by atoms with Crippen molar-refractivity contribution in [1.29, 1.82) is 0 Å². The predicted molar refractivity (Wildman–Crippen MR) is 66.8 cm³/mol. The number of aromatic nitrogens is 2. The van der Waals surface area contributed by atoms with Gasteiger partial charge in [0.15, 0.2) is 5.82 Å². The van der Waals surface area contributed by atoms with Gasteiger partial charge in [-0.1, -0.05) is 5.16 Å². The number of nitrogens with two attached hydrogens (primary N) is 1. The number of rotatable bonds is 4. The van der Waals surface area contributed by atoms with E-state index < -0.39 is 15.8 Å². The Morgan fingerprint density at radius 3 is 2.84 bits per heavy atom. The fourth-order valence-electron chi connectivity index (χ4n) is 1.28. The van der Waals surface area contributed by atoms with E-state index in [1.165, 1.54) is 0 Å². The second-order valence-corrected chi connectivity index (χ2v) is 6.07. The number of hydrogen-bond acceptors (Lipinski definition) is 6. The number of halogens is 2. The molecule has 0 spiro atoms. The van der Waals surface area contributed by atoms with E-state index in [2.05, 4.69) is 35.3 Å². The Balaban J connectivity index is 2.27. The highest BCUT2D eigenvalue weighted by molar-refractivity contribution is 9.10. The van der Waals surface area contributed by atoms with Gasteiger partial charge in [0.05, 0.1) is 16.7 Å². The number of sulfonamides is 1. The Labute approximate surface area is 116 Å². The minimum Gasteiger partial charge on any atom is -0.398 e. The highest BCUT2D eigenvalue weighted by atomic mass is 79.9. The van der Waals surface area contributed by atoms with Gasteiger partial charge >= 0.3 is 0 Å². The predicted octanol–water partition coefficient (Wildman–Crippen LogP) is 1.03. The number of nitrogen functional groups attached to an aromatic ring is 1. The van der Waals surface area contributed by atoms with Gasteiger partial charge in [0, 0.05) is 0 Å². The van der Waals surface area contributed by atoms with Crippen LogP contribution in [0.2, 0.25) is 0 Å². The first-order valence-electron chi connectivity index (χ1n) is 4.89. The topological polar surface area (TPSA) is 111 Å². The number of nitrogens with zero attached hydrogens (tertiary/aromatic N) is 2. The molecule has 0 amide bonds. The molecule has 102 valence electrons. The van der Waals surface area contributed by atoms with Crippen LogP contribution in [0.5, 0.6) is 0 Å². The zero-order chi connectivity index (χ0) is 14.0. The molecule has 0 atom stereocenters. The molecule has 0 bridgehead atoms. The smallest absolute Gasteiger partial charge is 0.243 e. The molecule has 3 N–H and O–H groups in total. The van der Waals surface area contributed by atoms with Crippen molar-refractivity contribution in [3.63, 3.8) is 0 Å². The third-order valence-electron chi connectivity index (χ3n) is 2.17. The van der Waals surface area contributed by atoms with E-state index in [0.29, 0.717) is 0 Å². The molecular formula is C9H8BrFN4O3S. The maximum absolute atomic E-state index is 13.2. The molecule has 1 aromatic carbocycles. The minimum absolute atomic E-state index is 0.00151. The van der Waals surface area contributed by atoms with Crippen LogP contribution in [0.4, 0.5) is 10.1 Å². The van der Waals surface area contributed by atoms with Gasteiger partial charge in [-0.25, -0.2) is 17.5 Å². The van der Waals surface area contributed by atoms with Gasteiger partial charge in [0.25, 0.3) is 0 Å². The fraction of sp³-hybridized carbons (Fsp3) is 0.111. The quantitative estimate of drug-likeness (QED) is 0.796. The van der Waals surface area contributed by atoms with E-state index in [9.17, 15) is 12.8 Å². The lowest BCUT2D eigenvalue weighted by Crippen LogP contribution is -2.24. The fourth-order valence-corrected chi connectivity index (χ4v) is 2.90. The van der Waals surface area contributed by atoms with Crippen LogP contribution in [0.25, 0.3) is 0 Å². The van der Waals surface area contributed by atoms with Crippen LogP contribution in [-0.4, -0.2) is 18.6 Å². The third kappa shape index (κ3) is 3.08. The molecular weight excluding hydrogens is 343 g/mol. The minimum atomic E-state index is -3.90. The molecule has 0 aliphatic carbocycles. The molecule has 0 aliphatic rings. The molecule has 0 fully saturated rings. The summed E-state index contributed by atoms with van der Waals surface area (Å²) >= 11 is 2.90. The van der Waals surface area contributed by atoms with Crippen LogP contribution >= 0.6 is 15.9 Å². The first kappa shape index (κ1) is 13.9. The number of hydrogen-bond donors (Lipinski definition) is 2. The molecule has 0 aliphatic heterocycles. The van der Waals surface area contributed by atoms with Crippen molar-refractivity contribution in [3.8, 4) is 0 Å². The molecule has 7 nitrogen and oxygen atoms in total. The largest absolute Gasteiger partial charge is 0.398 e. The van der Waals surface area contributed by atoms with Gasteiger partial charge in [0.1, 0.15) is 10.7 Å². The van der Waals surface area contributed by atoms with Crippen molar-refractivity contribution >= 4 is 31.6 Å². The molecule has 0 radical (unpaired) electrons. The Morgan fingerprint density at radius 1 is 1.47 bits per heavy atom. The Hall–Kier alpha value is -1.52. The zero-order valence-corrected chi connectivity index (χ0v) is 11.7. The first-order valence-corrected chi connectivity index (χ1v) is 7.17. The summed E-state index contributed by atoms with van der Waals surface area (Å²) in [5.74, 6) is -0.474. The summed E-state index contributed by atoms with van der Waals surface area (Å²) < 4.78 is 43.9. The Bertz CT molecular complexity index is 690. The van der Waals surface area contributed by atoms with E-state index >= 15 is 0 Å². The third-order valence-corrected chi connectivity index (χ3v) is 4.23. The molecule has 0 saturated carbocycles. The van der Waals surface area contributed by atoms with Crippen LogP contribution < -0.4 is 10.5 Å². The van der Waals surface area contributed by atoms with Crippen LogP contribution in [0, 0.1) is 5.82 Å². The standard InChI is InChI=1S/C9H8BrFN4O3S/c10-5-1-8(7(12)2-6(5)11)19(16,17)14-3-9-13-4-18-15-9/h1-2,4,14H,3,12H2. The van der Waals surface area contributed by atoms with Gasteiger partial charge in [-0.2, -0.15) is 4.98 Å². The lowest BCUT2D eigenvalue weighted by atomic mass is 10.3. The zero-order valence-electron chi connectivity index (χ0n) is 9.30. The van der Waals surface area contributed by atoms with Crippen LogP contribution in [0.3, 0.4) is 0 Å². The normalized spacial score (nSPS) is 11.7. The maximum atomic E-state index is 13.2. The van der Waals surface area contributed by atoms with Crippen molar-refractivity contribution in [1.82, 2.24) is 14.9 Å². The molecule has 2 rings (SSSR count). The van der Waals surface area contributed by atoms with Crippen molar-refractivity contribution < 1.29 is 17.3 Å². The summed E-state index contributed by atoms with van der Waals surface area (Å²) in [6.07, 6.45) is 1.08. The first-order chi connectivity index (χ1) is 8.90. The Morgan fingerprint density at radius 2 is 2.21 bits per heavy atom. The van der Waals surface area contributed by atoms with Gasteiger partial charge in [-0.15, -0.1) is 0 Å². The molecule has 0 saturated heterocycles. The molecule has 2 aromatic rings. The second kappa shape index (κ2) is 5.23. The van der Waals surface area contributed by atoms with E-state index in [4.69, 9.17) is 5.73 Å². The molecule has 1 aromatic heterocycles. The summed E-state index contributed by atoms with van der Waals surface area (Å²) in [7, 11) is -3.90. The average molecular weight is 351 g/mol. The summed E-state index contributed by atoms with van der Waals surface area (Å²) in [6.45, 7) is -0.159. The van der Waals surface area contributed by atoms with Gasteiger partial charge < -0.3 is 10.3 Å². The number of benzene rings is 1. The number of anilines is 1. The summed E-state index contributed by atoms with van der Waals surface area (Å²) in [5.41, 5.74) is 5.30. The van der Waals surface area contributed by atoms with Crippen LogP contribution in [0.15, 0.2) is 32.4 Å². The van der Waals surface area contributed by atoms with E-state index in [0.717, 1.165) is 18.5 Å². The van der Waals surface area contributed by atoms with Gasteiger partial charge in [-0.3, -0.25) is 0 Å². The van der Waals surface area contributed by atoms with Gasteiger partial charge in [0.2, 0.25) is 16.4 Å².